The molecule has 5 nitrogen and oxygen atoms in total. The van der Waals surface area contributed by atoms with E-state index in [1.165, 1.54) is 132 Å². The fourth-order valence-corrected chi connectivity index (χ4v) is 18.5. The Bertz CT molecular complexity index is 7520. The normalized spacial score (nSPS) is 12.3. The van der Waals surface area contributed by atoms with Gasteiger partial charge in [0.2, 0.25) is 0 Å². The first-order valence-corrected chi connectivity index (χ1v) is 37.9. The van der Waals surface area contributed by atoms with E-state index in [4.69, 9.17) is 0 Å². The van der Waals surface area contributed by atoms with Crippen LogP contribution in [0.15, 0.2) is 382 Å². The number of rotatable bonds is 11. The summed E-state index contributed by atoms with van der Waals surface area (Å²) in [6.07, 6.45) is 2.32. The van der Waals surface area contributed by atoms with E-state index in [2.05, 4.69) is 405 Å². The van der Waals surface area contributed by atoms with Crippen LogP contribution in [-0.2, 0) is 12.8 Å². The first-order valence-electron chi connectivity index (χ1n) is 37.9. The summed E-state index contributed by atoms with van der Waals surface area (Å²) in [5.74, 6) is 0. The molecule has 109 heavy (non-hydrogen) atoms. The lowest BCUT2D eigenvalue weighted by molar-refractivity contribution is 0.836. The number of hydrogen-bond donors (Lipinski definition) is 0. The summed E-state index contributed by atoms with van der Waals surface area (Å²) in [5.41, 5.74) is 34.1. The van der Waals surface area contributed by atoms with Crippen LogP contribution in [0.1, 0.15) is 11.1 Å². The van der Waals surface area contributed by atoms with Crippen molar-refractivity contribution in [3.05, 3.63) is 393 Å². The maximum absolute atomic E-state index is 2.57. The minimum atomic E-state index is 1.08. The SMILES string of the molecule is c1ccc(-c2cc(-c3ccccc3-c3cc(-c4ccccc4-c4ccccc4)cc(-n4c5ccccc5c5cc(-c6ccc7c(c6)c6ccccc6n7-c6ccc7c(c6)CC7)ccc54)c3)cc(-n3c4ccccc4c4ccc5c(c6ccccc6n5-c5ccc6c(c5)c5ccccc5n6-c5ccccc5)c43)c2)cc1. The van der Waals surface area contributed by atoms with Gasteiger partial charge in [0, 0.05) is 82.3 Å². The Hall–Kier alpha value is -14.3. The summed E-state index contributed by atoms with van der Waals surface area (Å²) < 4.78 is 12.4. The Morgan fingerprint density at radius 3 is 1.06 bits per heavy atom. The first-order chi connectivity index (χ1) is 54.1. The van der Waals surface area contributed by atoms with Crippen molar-refractivity contribution in [1.29, 1.82) is 0 Å². The smallest absolute Gasteiger partial charge is 0.0641 e. The van der Waals surface area contributed by atoms with Gasteiger partial charge in [0.1, 0.15) is 0 Å². The number of aryl methyl sites for hydroxylation is 2. The third-order valence-corrected chi connectivity index (χ3v) is 23.5. The van der Waals surface area contributed by atoms with Crippen molar-refractivity contribution < 1.29 is 0 Å². The van der Waals surface area contributed by atoms with E-state index in [9.17, 15) is 0 Å². The number of hydrogen-bond acceptors (Lipinski definition) is 0. The lowest BCUT2D eigenvalue weighted by Gasteiger charge is -2.20. The topological polar surface area (TPSA) is 24.6 Å². The maximum atomic E-state index is 2.57. The van der Waals surface area contributed by atoms with E-state index < -0.39 is 0 Å². The second kappa shape index (κ2) is 24.1. The van der Waals surface area contributed by atoms with E-state index in [0.717, 1.165) is 95.7 Å². The Kier molecular flexibility index (Phi) is 13.5. The largest absolute Gasteiger partial charge is 0.309 e. The van der Waals surface area contributed by atoms with Crippen LogP contribution in [-0.4, -0.2) is 22.8 Å². The highest BCUT2D eigenvalue weighted by atomic mass is 15.0. The summed E-state index contributed by atoms with van der Waals surface area (Å²) in [5, 5.41) is 12.2. The van der Waals surface area contributed by atoms with Crippen molar-refractivity contribution in [3.8, 4) is 95.2 Å². The lowest BCUT2D eigenvalue weighted by atomic mass is 9.88. The van der Waals surface area contributed by atoms with Crippen LogP contribution in [0.2, 0.25) is 0 Å². The minimum absolute atomic E-state index is 1.08. The van der Waals surface area contributed by atoms with Crippen molar-refractivity contribution in [2.45, 2.75) is 12.8 Å². The summed E-state index contributed by atoms with van der Waals surface area (Å²) in [7, 11) is 0. The molecule has 1 aliphatic carbocycles. The Morgan fingerprint density at radius 2 is 0.514 bits per heavy atom. The standard InChI is InChI=1S/C104H67N5/c1-4-24-66(25-5-1)72-56-73(62-80(59-72)109-97-42-22-14-34-85(97)89-51-55-102-103(104(89)109)90-38-18-23-43-98(90)107(102)78-50-54-101-93(65-78)88-37-17-19-39-94(88)105(101)76-28-8-3-9-29-76)83-32-12-13-33-84(83)75-57-74(82-31-11-10-30-81(82)68-26-6-2-7-27-68)60-79(61-75)108-96-41-21-16-36-87(96)92-64-71(48-53-100(92)108)70-47-52-99-91(63-70)86-35-15-20-40-95(86)106(99)77-49-46-67-44-45-69(67)58-77/h1-43,46-65H,44-45H2. The molecule has 0 radical (unpaired) electrons. The molecule has 0 atom stereocenters. The average molecular weight is 1390 g/mol. The van der Waals surface area contributed by atoms with Crippen LogP contribution in [0.25, 0.3) is 204 Å². The average Bonchev–Trinajstić information content (AvgIpc) is 1.55. The highest BCUT2D eigenvalue weighted by molar-refractivity contribution is 6.27. The van der Waals surface area contributed by atoms with Gasteiger partial charge in [-0.05, 0) is 230 Å². The van der Waals surface area contributed by atoms with Crippen LogP contribution in [0.5, 0.6) is 0 Å². The van der Waals surface area contributed by atoms with Gasteiger partial charge in [-0.15, -0.1) is 0 Å². The molecule has 17 aromatic carbocycles. The number of aromatic nitrogens is 5. The number of para-hydroxylation sites is 6. The second-order valence-electron chi connectivity index (χ2n) is 29.4. The number of fused-ring (bicyclic) bond motifs is 17. The van der Waals surface area contributed by atoms with Crippen molar-refractivity contribution >= 4 is 109 Å². The molecule has 5 heterocycles. The van der Waals surface area contributed by atoms with Crippen LogP contribution in [0.4, 0.5) is 0 Å². The Balaban J connectivity index is 0.720. The summed E-state index contributed by atoms with van der Waals surface area (Å²) in [6, 6.07) is 143. The predicted octanol–water partition coefficient (Wildman–Crippen LogP) is 27.3. The highest BCUT2D eigenvalue weighted by Crippen LogP contribution is 2.48. The number of nitrogens with zero attached hydrogens (tertiary/aromatic N) is 5. The zero-order chi connectivity index (χ0) is 71.4. The lowest BCUT2D eigenvalue weighted by Crippen LogP contribution is -2.09. The maximum Gasteiger partial charge on any atom is 0.0641 e. The second-order valence-corrected chi connectivity index (χ2v) is 29.4. The molecule has 0 saturated heterocycles. The van der Waals surface area contributed by atoms with E-state index in [0.29, 0.717) is 0 Å². The van der Waals surface area contributed by atoms with Gasteiger partial charge in [0.15, 0.2) is 0 Å². The molecule has 0 N–H and O–H groups in total. The molecule has 0 spiro atoms. The summed E-state index contributed by atoms with van der Waals surface area (Å²) in [4.78, 5) is 0. The molecule has 0 saturated carbocycles. The van der Waals surface area contributed by atoms with Gasteiger partial charge >= 0.3 is 0 Å². The van der Waals surface area contributed by atoms with Gasteiger partial charge in [-0.1, -0.05) is 243 Å². The predicted molar refractivity (Wildman–Crippen MR) is 458 cm³/mol. The van der Waals surface area contributed by atoms with E-state index in [-0.39, 0.29) is 0 Å². The molecule has 1 aliphatic rings. The van der Waals surface area contributed by atoms with Gasteiger partial charge in [0.25, 0.3) is 0 Å². The van der Waals surface area contributed by atoms with Crippen LogP contribution >= 0.6 is 0 Å². The molecule has 5 aromatic heterocycles. The van der Waals surface area contributed by atoms with Crippen molar-refractivity contribution in [3.63, 3.8) is 0 Å². The van der Waals surface area contributed by atoms with Crippen molar-refractivity contribution in [1.82, 2.24) is 22.8 Å². The van der Waals surface area contributed by atoms with Crippen LogP contribution in [0, 0.1) is 0 Å². The van der Waals surface area contributed by atoms with Gasteiger partial charge in [0.05, 0.1) is 55.2 Å². The third kappa shape index (κ3) is 9.46. The van der Waals surface area contributed by atoms with Gasteiger partial charge in [-0.2, -0.15) is 0 Å². The quantitative estimate of drug-likeness (QED) is 0.123. The zero-order valence-electron chi connectivity index (χ0n) is 59.5. The van der Waals surface area contributed by atoms with Crippen molar-refractivity contribution in [2.24, 2.45) is 0 Å². The minimum Gasteiger partial charge on any atom is -0.309 e. The van der Waals surface area contributed by atoms with Crippen LogP contribution in [0.3, 0.4) is 0 Å². The molecule has 508 valence electrons. The molecule has 0 amide bonds. The molecular formula is C104H67N5. The number of benzene rings is 17. The molecule has 22 aromatic rings. The molecule has 0 bridgehead atoms. The third-order valence-electron chi connectivity index (χ3n) is 23.5. The molecular weight excluding hydrogens is 1320 g/mol. The Labute approximate surface area is 629 Å². The first kappa shape index (κ1) is 61.1. The highest BCUT2D eigenvalue weighted by Gasteiger charge is 2.26. The van der Waals surface area contributed by atoms with Crippen LogP contribution < -0.4 is 0 Å². The van der Waals surface area contributed by atoms with Crippen molar-refractivity contribution in [2.75, 3.05) is 0 Å². The van der Waals surface area contributed by atoms with Gasteiger partial charge < -0.3 is 22.8 Å². The Morgan fingerprint density at radius 1 is 0.156 bits per heavy atom. The van der Waals surface area contributed by atoms with E-state index in [1.54, 1.807) is 0 Å². The molecule has 0 fully saturated rings. The van der Waals surface area contributed by atoms with Gasteiger partial charge in [-0.25, -0.2) is 0 Å². The fourth-order valence-electron chi connectivity index (χ4n) is 18.5. The summed E-state index contributed by atoms with van der Waals surface area (Å²) in [6.45, 7) is 0. The molecule has 0 aliphatic heterocycles. The zero-order valence-corrected chi connectivity index (χ0v) is 59.5. The molecule has 23 rings (SSSR count). The summed E-state index contributed by atoms with van der Waals surface area (Å²) >= 11 is 0. The van der Waals surface area contributed by atoms with Gasteiger partial charge in [-0.3, -0.25) is 0 Å². The molecule has 5 heteroatoms. The monoisotopic (exact) mass is 1390 g/mol. The molecule has 0 unspecified atom stereocenters. The van der Waals surface area contributed by atoms with E-state index in [1.807, 2.05) is 0 Å². The van der Waals surface area contributed by atoms with E-state index >= 15 is 0 Å². The fraction of sp³-hybridized carbons (Fsp3) is 0.0192.